The number of nitrogens with one attached hydrogen (secondary N) is 2. The maximum atomic E-state index is 13.6. The summed E-state index contributed by atoms with van der Waals surface area (Å²) >= 11 is 0. The van der Waals surface area contributed by atoms with Gasteiger partial charge in [-0.2, -0.15) is 8.42 Å². The van der Waals surface area contributed by atoms with Crippen LogP contribution in [0.25, 0.3) is 5.82 Å². The van der Waals surface area contributed by atoms with Crippen LogP contribution in [-0.4, -0.2) is 59.3 Å². The molecule has 11 nitrogen and oxygen atoms in total. The van der Waals surface area contributed by atoms with Crippen LogP contribution in [0.1, 0.15) is 75.6 Å². The van der Waals surface area contributed by atoms with Gasteiger partial charge in [0.2, 0.25) is 5.88 Å². The lowest BCUT2D eigenvalue weighted by atomic mass is 9.93. The van der Waals surface area contributed by atoms with E-state index in [1.807, 2.05) is 6.07 Å². The average Bonchev–Trinajstić information content (AvgIpc) is 3.71. The van der Waals surface area contributed by atoms with Gasteiger partial charge in [0.1, 0.15) is 11.6 Å². The molecular formula is C30H39N7O4S. The number of pyridine rings is 2. The Kier molecular flexibility index (Phi) is 7.82. The molecule has 3 aliphatic rings. The molecule has 2 fully saturated rings. The molecule has 1 aliphatic carbocycles. The van der Waals surface area contributed by atoms with Crippen molar-refractivity contribution in [2.24, 2.45) is 11.8 Å². The van der Waals surface area contributed by atoms with Crippen molar-refractivity contribution < 1.29 is 17.9 Å². The lowest BCUT2D eigenvalue weighted by Gasteiger charge is -2.34. The molecule has 3 aromatic heterocycles. The van der Waals surface area contributed by atoms with Crippen molar-refractivity contribution in [3.8, 4) is 11.7 Å². The molecule has 224 valence electrons. The molecule has 4 bridgehead atoms. The average molecular weight is 594 g/mol. The number of amides is 1. The Labute approximate surface area is 247 Å². The third-order valence-electron chi connectivity index (χ3n) is 8.69. The number of ether oxygens (including phenoxy) is 1. The quantitative estimate of drug-likeness (QED) is 0.437. The molecule has 1 saturated carbocycles. The number of rotatable bonds is 5. The van der Waals surface area contributed by atoms with Crippen LogP contribution in [0.15, 0.2) is 47.6 Å². The number of nitrogens with zero attached hydrogens (tertiary/aromatic N) is 5. The zero-order valence-electron chi connectivity index (χ0n) is 24.3. The fourth-order valence-electron chi connectivity index (χ4n) is 6.54. The fraction of sp³-hybridized carbons (Fsp3) is 0.533. The van der Waals surface area contributed by atoms with Gasteiger partial charge in [0, 0.05) is 30.9 Å². The SMILES string of the molecule is CC1(C)C[C@H]2CCCNc3cccc(n3)S(=O)(=O)NC(=O)c3ccc(-n4ccc(OCCC5CCCC5)n4)nc3N1C2. The smallest absolute Gasteiger partial charge is 0.281 e. The molecule has 0 radical (unpaired) electrons. The van der Waals surface area contributed by atoms with Crippen LogP contribution < -0.4 is 19.7 Å². The molecule has 2 N–H and O–H groups in total. The van der Waals surface area contributed by atoms with Gasteiger partial charge in [-0.25, -0.2) is 19.4 Å². The van der Waals surface area contributed by atoms with Gasteiger partial charge in [-0.15, -0.1) is 5.10 Å². The summed E-state index contributed by atoms with van der Waals surface area (Å²) in [6, 6.07) is 9.83. The van der Waals surface area contributed by atoms with Gasteiger partial charge in [-0.05, 0) is 75.6 Å². The molecule has 3 aromatic rings. The van der Waals surface area contributed by atoms with E-state index in [4.69, 9.17) is 9.72 Å². The molecule has 2 aliphatic heterocycles. The minimum atomic E-state index is -4.22. The number of sulfonamides is 1. The summed E-state index contributed by atoms with van der Waals surface area (Å²) in [6.07, 6.45) is 10.8. The highest BCUT2D eigenvalue weighted by atomic mass is 32.2. The van der Waals surface area contributed by atoms with E-state index in [1.165, 1.54) is 31.7 Å². The number of carbonyl (C=O) groups excluding carboxylic acids is 1. The standard InChI is InChI=1S/C30H39N7O4S/c1-30(2)19-22-9-6-16-31-24-10-5-11-27(32-24)42(39,40)35-29(38)23-12-13-25(33-28(23)36(30)20-22)37-17-14-26(34-37)41-18-15-21-7-3-4-8-21/h5,10-14,17,21-22H,3-4,6-9,15-16,18-20H2,1-2H3,(H,31,32)(H,35,38)/t22-/m1/s1. The number of hydrogen-bond donors (Lipinski definition) is 2. The number of fused-ring (bicyclic) bond motifs is 6. The molecule has 42 heavy (non-hydrogen) atoms. The maximum Gasteiger partial charge on any atom is 0.281 e. The number of aromatic nitrogens is 4. The van der Waals surface area contributed by atoms with Crippen molar-refractivity contribution in [2.75, 3.05) is 29.9 Å². The van der Waals surface area contributed by atoms with Crippen molar-refractivity contribution in [3.05, 3.63) is 48.2 Å². The first-order chi connectivity index (χ1) is 20.2. The van der Waals surface area contributed by atoms with Crippen molar-refractivity contribution in [1.29, 1.82) is 0 Å². The molecule has 12 heteroatoms. The second-order valence-corrected chi connectivity index (χ2v) is 13.9. The Bertz CT molecular complexity index is 1550. The van der Waals surface area contributed by atoms with Crippen LogP contribution >= 0.6 is 0 Å². The first-order valence-electron chi connectivity index (χ1n) is 14.9. The number of hydrogen-bond acceptors (Lipinski definition) is 9. The van der Waals surface area contributed by atoms with Gasteiger partial charge in [-0.3, -0.25) is 4.79 Å². The van der Waals surface area contributed by atoms with Crippen molar-refractivity contribution in [2.45, 2.75) is 75.8 Å². The highest BCUT2D eigenvalue weighted by molar-refractivity contribution is 7.90. The highest BCUT2D eigenvalue weighted by Crippen LogP contribution is 2.39. The predicted molar refractivity (Wildman–Crippen MR) is 160 cm³/mol. The Morgan fingerprint density at radius 2 is 1.88 bits per heavy atom. The van der Waals surface area contributed by atoms with E-state index < -0.39 is 15.9 Å². The highest BCUT2D eigenvalue weighted by Gasteiger charge is 2.41. The molecule has 5 heterocycles. The van der Waals surface area contributed by atoms with E-state index in [1.54, 1.807) is 35.1 Å². The van der Waals surface area contributed by atoms with Crippen LogP contribution in [0, 0.1) is 11.8 Å². The van der Waals surface area contributed by atoms with Crippen LogP contribution in [0.5, 0.6) is 5.88 Å². The van der Waals surface area contributed by atoms with E-state index in [-0.39, 0.29) is 16.1 Å². The molecular weight excluding hydrogens is 554 g/mol. The second-order valence-electron chi connectivity index (χ2n) is 12.3. The summed E-state index contributed by atoms with van der Waals surface area (Å²) in [4.78, 5) is 24.9. The molecule has 0 aromatic carbocycles. The van der Waals surface area contributed by atoms with Gasteiger partial charge in [0.15, 0.2) is 10.8 Å². The zero-order chi connectivity index (χ0) is 29.3. The first kappa shape index (κ1) is 28.4. The predicted octanol–water partition coefficient (Wildman–Crippen LogP) is 4.55. The Morgan fingerprint density at radius 1 is 1.05 bits per heavy atom. The van der Waals surface area contributed by atoms with Crippen LogP contribution in [0.4, 0.5) is 11.6 Å². The Hall–Kier alpha value is -3.67. The summed E-state index contributed by atoms with van der Waals surface area (Å²) in [7, 11) is -4.22. The molecule has 6 rings (SSSR count). The Morgan fingerprint density at radius 3 is 2.71 bits per heavy atom. The van der Waals surface area contributed by atoms with Gasteiger partial charge >= 0.3 is 0 Å². The van der Waals surface area contributed by atoms with Crippen LogP contribution in [0.3, 0.4) is 0 Å². The molecule has 0 spiro atoms. The Balaban J connectivity index is 1.32. The normalized spacial score (nSPS) is 22.0. The van der Waals surface area contributed by atoms with E-state index in [2.05, 4.69) is 38.9 Å². The lowest BCUT2D eigenvalue weighted by Crippen LogP contribution is -2.41. The van der Waals surface area contributed by atoms with Crippen molar-refractivity contribution in [3.63, 3.8) is 0 Å². The van der Waals surface area contributed by atoms with Crippen molar-refractivity contribution >= 4 is 27.6 Å². The van der Waals surface area contributed by atoms with E-state index in [0.717, 1.165) is 31.6 Å². The van der Waals surface area contributed by atoms with E-state index in [9.17, 15) is 13.2 Å². The van der Waals surface area contributed by atoms with Gasteiger partial charge in [-0.1, -0.05) is 31.7 Å². The zero-order valence-corrected chi connectivity index (χ0v) is 25.1. The molecule has 1 saturated heterocycles. The van der Waals surface area contributed by atoms with Crippen LogP contribution in [-0.2, 0) is 10.0 Å². The monoisotopic (exact) mass is 593 g/mol. The lowest BCUT2D eigenvalue weighted by molar-refractivity contribution is 0.0981. The van der Waals surface area contributed by atoms with Crippen LogP contribution in [0.2, 0.25) is 0 Å². The topological polar surface area (TPSA) is 131 Å². The third-order valence-corrected chi connectivity index (χ3v) is 9.92. The maximum absolute atomic E-state index is 13.6. The van der Waals surface area contributed by atoms with Gasteiger partial charge < -0.3 is 15.0 Å². The van der Waals surface area contributed by atoms with Gasteiger partial charge in [0.05, 0.1) is 12.2 Å². The third kappa shape index (κ3) is 6.08. The summed E-state index contributed by atoms with van der Waals surface area (Å²) in [5.41, 5.74) is -0.112. The fourth-order valence-corrected chi connectivity index (χ4v) is 7.48. The number of anilines is 2. The summed E-state index contributed by atoms with van der Waals surface area (Å²) in [5, 5.41) is 7.58. The number of carbonyl (C=O) groups is 1. The second kappa shape index (κ2) is 11.5. The minimum Gasteiger partial charge on any atom is -0.477 e. The molecule has 0 unspecified atom stereocenters. The summed E-state index contributed by atoms with van der Waals surface area (Å²) < 4.78 is 36.2. The largest absolute Gasteiger partial charge is 0.477 e. The first-order valence-corrected chi connectivity index (χ1v) is 16.4. The summed E-state index contributed by atoms with van der Waals surface area (Å²) in [6.45, 7) is 6.28. The molecule has 1 atom stereocenters. The van der Waals surface area contributed by atoms with Crippen molar-refractivity contribution in [1.82, 2.24) is 24.5 Å². The summed E-state index contributed by atoms with van der Waals surface area (Å²) in [5.74, 6) is 2.31. The van der Waals surface area contributed by atoms with E-state index in [0.29, 0.717) is 48.9 Å². The van der Waals surface area contributed by atoms with Gasteiger partial charge in [0.25, 0.3) is 15.9 Å². The van der Waals surface area contributed by atoms with E-state index >= 15 is 0 Å². The molecule has 1 amide bonds. The minimum absolute atomic E-state index is 0.181.